The lowest BCUT2D eigenvalue weighted by Crippen LogP contribution is -2.35. The molecule has 1 atom stereocenters. The van der Waals surface area contributed by atoms with Crippen molar-refractivity contribution >= 4 is 21.8 Å². The van der Waals surface area contributed by atoms with Crippen LogP contribution in [0.3, 0.4) is 0 Å². The van der Waals surface area contributed by atoms with Gasteiger partial charge in [0, 0.05) is 19.3 Å². The summed E-state index contributed by atoms with van der Waals surface area (Å²) in [6, 6.07) is 13.1. The lowest BCUT2D eigenvalue weighted by atomic mass is 10.2. The molecular formula is C19H22N6O2S2. The van der Waals surface area contributed by atoms with E-state index in [9.17, 15) is 8.42 Å². The number of pyridine rings is 1. The van der Waals surface area contributed by atoms with Gasteiger partial charge in [0.15, 0.2) is 5.82 Å². The lowest BCUT2D eigenvalue weighted by molar-refractivity contribution is 0.346. The summed E-state index contributed by atoms with van der Waals surface area (Å²) < 4.78 is 28.8. The van der Waals surface area contributed by atoms with Crippen LogP contribution in [0.4, 0.5) is 0 Å². The second-order valence-corrected chi connectivity index (χ2v) is 10.1. The Hall–Kier alpha value is -2.30. The van der Waals surface area contributed by atoms with E-state index >= 15 is 0 Å². The molecule has 0 radical (unpaired) electrons. The zero-order valence-electron chi connectivity index (χ0n) is 16.0. The number of hydrogen-bond acceptors (Lipinski definition) is 7. The monoisotopic (exact) mass is 430 g/mol. The molecule has 3 aromatic rings. The Morgan fingerprint density at radius 1 is 1.03 bits per heavy atom. The topological polar surface area (TPSA) is 93.9 Å². The molecule has 0 bridgehead atoms. The zero-order chi connectivity index (χ0) is 20.3. The van der Waals surface area contributed by atoms with E-state index in [1.165, 1.54) is 18.0 Å². The van der Waals surface area contributed by atoms with Crippen molar-refractivity contribution in [2.24, 2.45) is 0 Å². The second-order valence-electron chi connectivity index (χ2n) is 6.84. The van der Waals surface area contributed by atoms with Gasteiger partial charge in [0.25, 0.3) is 0 Å². The number of piperidine rings is 1. The summed E-state index contributed by atoms with van der Waals surface area (Å²) in [6.07, 6.45) is 4.35. The van der Waals surface area contributed by atoms with Crippen molar-refractivity contribution in [2.45, 2.75) is 41.4 Å². The molecule has 1 aliphatic heterocycles. The SMILES string of the molecule is CC(Sc1ccc(S(=O)(=O)N2CCCCC2)cn1)c1nnnn1-c1ccccc1. The van der Waals surface area contributed by atoms with Crippen LogP contribution in [0.15, 0.2) is 58.6 Å². The van der Waals surface area contributed by atoms with Crippen molar-refractivity contribution in [3.8, 4) is 5.69 Å². The van der Waals surface area contributed by atoms with Crippen LogP contribution in [-0.4, -0.2) is 51.0 Å². The number of hydrogen-bond donors (Lipinski definition) is 0. The molecule has 1 saturated heterocycles. The van der Waals surface area contributed by atoms with E-state index in [4.69, 9.17) is 0 Å². The van der Waals surface area contributed by atoms with E-state index in [-0.39, 0.29) is 10.1 Å². The molecule has 10 heteroatoms. The van der Waals surface area contributed by atoms with Gasteiger partial charge in [-0.3, -0.25) is 0 Å². The first kappa shape index (κ1) is 20.0. The standard InChI is InChI=1S/C19H22N6O2S2/c1-15(19-21-22-23-25(19)16-8-4-2-5-9-16)28-18-11-10-17(14-20-18)29(26,27)24-12-6-3-7-13-24/h2,4-5,8-11,14-15H,3,6-7,12-13H2,1H3. The van der Waals surface area contributed by atoms with Crippen molar-refractivity contribution in [1.29, 1.82) is 0 Å². The Balaban J connectivity index is 1.49. The summed E-state index contributed by atoms with van der Waals surface area (Å²) in [7, 11) is -3.47. The zero-order valence-corrected chi connectivity index (χ0v) is 17.7. The summed E-state index contributed by atoms with van der Waals surface area (Å²) in [6.45, 7) is 3.16. The highest BCUT2D eigenvalue weighted by atomic mass is 32.2. The third-order valence-electron chi connectivity index (χ3n) is 4.82. The van der Waals surface area contributed by atoms with E-state index < -0.39 is 10.0 Å². The fraction of sp³-hybridized carbons (Fsp3) is 0.368. The molecular weight excluding hydrogens is 408 g/mol. The molecule has 4 rings (SSSR count). The summed E-state index contributed by atoms with van der Waals surface area (Å²) in [5.74, 6) is 0.702. The first-order valence-corrected chi connectivity index (χ1v) is 11.8. The molecule has 1 aliphatic rings. The molecule has 29 heavy (non-hydrogen) atoms. The van der Waals surface area contributed by atoms with Crippen LogP contribution in [-0.2, 0) is 10.0 Å². The summed E-state index contributed by atoms with van der Waals surface area (Å²) in [5.41, 5.74) is 0.885. The van der Waals surface area contributed by atoms with E-state index in [1.54, 1.807) is 21.1 Å². The van der Waals surface area contributed by atoms with Crippen LogP contribution in [0.5, 0.6) is 0 Å². The van der Waals surface area contributed by atoms with Crippen molar-refractivity contribution in [2.75, 3.05) is 13.1 Å². The minimum Gasteiger partial charge on any atom is -0.249 e. The number of sulfonamides is 1. The highest BCUT2D eigenvalue weighted by Gasteiger charge is 2.26. The molecule has 8 nitrogen and oxygen atoms in total. The molecule has 152 valence electrons. The van der Waals surface area contributed by atoms with Gasteiger partial charge < -0.3 is 0 Å². The third-order valence-corrected chi connectivity index (χ3v) is 7.75. The Kier molecular flexibility index (Phi) is 5.93. The molecule has 1 fully saturated rings. The number of thioether (sulfide) groups is 1. The third kappa shape index (κ3) is 4.34. The molecule has 0 amide bonds. The molecule has 1 aromatic carbocycles. The number of benzene rings is 1. The Labute approximate surface area is 174 Å². The van der Waals surface area contributed by atoms with Crippen molar-refractivity contribution < 1.29 is 8.42 Å². The maximum absolute atomic E-state index is 12.8. The van der Waals surface area contributed by atoms with Crippen molar-refractivity contribution in [1.82, 2.24) is 29.5 Å². The fourth-order valence-electron chi connectivity index (χ4n) is 3.28. The molecule has 1 unspecified atom stereocenters. The van der Waals surface area contributed by atoms with Crippen molar-refractivity contribution in [3.63, 3.8) is 0 Å². The number of rotatable bonds is 6. The fourth-order valence-corrected chi connectivity index (χ4v) is 5.62. The van der Waals surface area contributed by atoms with Gasteiger partial charge in [-0.2, -0.15) is 8.99 Å². The van der Waals surface area contributed by atoms with Gasteiger partial charge in [0.1, 0.15) is 4.90 Å². The molecule has 0 saturated carbocycles. The summed E-state index contributed by atoms with van der Waals surface area (Å²) in [4.78, 5) is 4.61. The smallest absolute Gasteiger partial charge is 0.244 e. The van der Waals surface area contributed by atoms with Gasteiger partial charge in [-0.15, -0.1) is 5.10 Å². The van der Waals surface area contributed by atoms with Crippen LogP contribution in [0.25, 0.3) is 5.69 Å². The largest absolute Gasteiger partial charge is 0.249 e. The van der Waals surface area contributed by atoms with Crippen LogP contribution >= 0.6 is 11.8 Å². The Bertz CT molecular complexity index is 1050. The average molecular weight is 431 g/mol. The maximum atomic E-state index is 12.8. The summed E-state index contributed by atoms with van der Waals surface area (Å²) >= 11 is 1.48. The predicted octanol–water partition coefficient (Wildman–Crippen LogP) is 3.09. The quantitative estimate of drug-likeness (QED) is 0.555. The Morgan fingerprint density at radius 2 is 1.79 bits per heavy atom. The minimum absolute atomic E-state index is 0.0674. The normalized spacial score (nSPS) is 16.6. The lowest BCUT2D eigenvalue weighted by Gasteiger charge is -2.25. The first-order chi connectivity index (χ1) is 14.1. The molecule has 0 spiro atoms. The van der Waals surface area contributed by atoms with Crippen LogP contribution in [0.2, 0.25) is 0 Å². The highest BCUT2D eigenvalue weighted by molar-refractivity contribution is 7.99. The Morgan fingerprint density at radius 3 is 2.48 bits per heavy atom. The highest BCUT2D eigenvalue weighted by Crippen LogP contribution is 2.33. The van der Waals surface area contributed by atoms with E-state index in [2.05, 4.69) is 20.5 Å². The van der Waals surface area contributed by atoms with Crippen molar-refractivity contribution in [3.05, 3.63) is 54.5 Å². The number of aromatic nitrogens is 5. The number of para-hydroxylation sites is 1. The van der Waals surface area contributed by atoms with Crippen LogP contribution in [0.1, 0.15) is 37.3 Å². The maximum Gasteiger partial charge on any atom is 0.244 e. The van der Waals surface area contributed by atoms with Gasteiger partial charge >= 0.3 is 0 Å². The van der Waals surface area contributed by atoms with Crippen LogP contribution in [0, 0.1) is 0 Å². The first-order valence-electron chi connectivity index (χ1n) is 9.52. The van der Waals surface area contributed by atoms with Gasteiger partial charge in [-0.25, -0.2) is 13.4 Å². The van der Waals surface area contributed by atoms with E-state index in [1.807, 2.05) is 37.3 Å². The summed E-state index contributed by atoms with van der Waals surface area (Å²) in [5, 5.41) is 12.7. The van der Waals surface area contributed by atoms with E-state index in [0.717, 1.165) is 30.0 Å². The predicted molar refractivity (Wildman–Crippen MR) is 110 cm³/mol. The number of tetrazole rings is 1. The number of nitrogens with zero attached hydrogens (tertiary/aromatic N) is 6. The molecule has 2 aromatic heterocycles. The molecule has 0 N–H and O–H groups in total. The average Bonchev–Trinajstić information content (AvgIpc) is 3.26. The van der Waals surface area contributed by atoms with Gasteiger partial charge in [-0.05, 0) is 54.5 Å². The minimum atomic E-state index is -3.47. The van der Waals surface area contributed by atoms with Crippen LogP contribution < -0.4 is 0 Å². The molecule has 0 aliphatic carbocycles. The van der Waals surface area contributed by atoms with Gasteiger partial charge in [-0.1, -0.05) is 36.4 Å². The van der Waals surface area contributed by atoms with E-state index in [0.29, 0.717) is 18.9 Å². The van der Waals surface area contributed by atoms with Gasteiger partial charge in [0.05, 0.1) is 16.0 Å². The molecule has 3 heterocycles. The second kappa shape index (κ2) is 8.60. The van der Waals surface area contributed by atoms with Gasteiger partial charge in [0.2, 0.25) is 10.0 Å².